The fourth-order valence-corrected chi connectivity index (χ4v) is 1.96. The molecule has 1 saturated carbocycles. The molecule has 1 aliphatic rings. The summed E-state index contributed by atoms with van der Waals surface area (Å²) >= 11 is 5.76. The Bertz CT molecular complexity index is 372. The zero-order valence-corrected chi connectivity index (χ0v) is 9.39. The Morgan fingerprint density at radius 3 is 2.62 bits per heavy atom. The van der Waals surface area contributed by atoms with Gasteiger partial charge in [0.1, 0.15) is 11.3 Å². The predicted molar refractivity (Wildman–Crippen MR) is 59.8 cm³/mol. The molecule has 1 aliphatic carbocycles. The highest BCUT2D eigenvalue weighted by molar-refractivity contribution is 6.62. The molecule has 0 aromatic carbocycles. The van der Waals surface area contributed by atoms with Gasteiger partial charge in [-0.1, -0.05) is 11.6 Å². The van der Waals surface area contributed by atoms with Crippen LogP contribution in [-0.2, 0) is 0 Å². The standard InChI is InChI=1S/C9H12BClN2O3/c11-8-7(10(14)15)5-12-9(13-8)16-6-3-1-2-4-6/h5-6,14-15H,1-4H2. The van der Waals surface area contributed by atoms with E-state index in [4.69, 9.17) is 26.4 Å². The molecule has 0 bridgehead atoms. The maximum atomic E-state index is 8.93. The van der Waals surface area contributed by atoms with E-state index in [9.17, 15) is 0 Å². The van der Waals surface area contributed by atoms with E-state index in [2.05, 4.69) is 9.97 Å². The molecule has 2 rings (SSSR count). The van der Waals surface area contributed by atoms with E-state index < -0.39 is 7.12 Å². The van der Waals surface area contributed by atoms with Gasteiger partial charge in [-0.3, -0.25) is 0 Å². The molecule has 16 heavy (non-hydrogen) atoms. The highest BCUT2D eigenvalue weighted by Crippen LogP contribution is 2.22. The first-order valence-electron chi connectivity index (χ1n) is 5.22. The Labute approximate surface area is 98.6 Å². The van der Waals surface area contributed by atoms with Crippen molar-refractivity contribution in [3.8, 4) is 6.01 Å². The molecular formula is C9H12BClN2O3. The Morgan fingerprint density at radius 2 is 2.06 bits per heavy atom. The largest absolute Gasteiger partial charge is 0.493 e. The molecule has 0 atom stereocenters. The first kappa shape index (κ1) is 11.6. The third-order valence-electron chi connectivity index (χ3n) is 2.60. The third-order valence-corrected chi connectivity index (χ3v) is 2.90. The minimum atomic E-state index is -1.66. The van der Waals surface area contributed by atoms with Crippen LogP contribution < -0.4 is 10.2 Å². The monoisotopic (exact) mass is 242 g/mol. The summed E-state index contributed by atoms with van der Waals surface area (Å²) in [7, 11) is -1.66. The summed E-state index contributed by atoms with van der Waals surface area (Å²) in [4.78, 5) is 7.76. The minimum absolute atomic E-state index is 0.0120. The predicted octanol–water partition coefficient (Wildman–Crippen LogP) is 0.131. The molecule has 0 amide bonds. The van der Waals surface area contributed by atoms with Crippen LogP contribution in [0.3, 0.4) is 0 Å². The molecule has 2 N–H and O–H groups in total. The van der Waals surface area contributed by atoms with Crippen molar-refractivity contribution in [3.05, 3.63) is 11.3 Å². The topological polar surface area (TPSA) is 75.5 Å². The summed E-state index contributed by atoms with van der Waals surface area (Å²) in [6.45, 7) is 0. The number of hydrogen-bond acceptors (Lipinski definition) is 5. The number of hydrogen-bond donors (Lipinski definition) is 2. The van der Waals surface area contributed by atoms with Gasteiger partial charge in [0.2, 0.25) is 0 Å². The second-order valence-corrected chi connectivity index (χ2v) is 4.15. The summed E-state index contributed by atoms with van der Waals surface area (Å²) in [5, 5.41) is 17.9. The van der Waals surface area contributed by atoms with Gasteiger partial charge in [-0.15, -0.1) is 0 Å². The lowest BCUT2D eigenvalue weighted by Gasteiger charge is -2.11. The zero-order chi connectivity index (χ0) is 11.5. The van der Waals surface area contributed by atoms with E-state index in [-0.39, 0.29) is 22.7 Å². The second kappa shape index (κ2) is 4.99. The normalized spacial score (nSPS) is 16.4. The van der Waals surface area contributed by atoms with Crippen molar-refractivity contribution in [2.24, 2.45) is 0 Å². The molecule has 0 spiro atoms. The van der Waals surface area contributed by atoms with E-state index in [1.165, 1.54) is 6.20 Å². The third kappa shape index (κ3) is 2.64. The van der Waals surface area contributed by atoms with E-state index in [1.807, 2.05) is 0 Å². The van der Waals surface area contributed by atoms with Crippen LogP contribution in [0.5, 0.6) is 6.01 Å². The molecule has 1 aromatic heterocycles. The van der Waals surface area contributed by atoms with E-state index in [0.717, 1.165) is 25.7 Å². The zero-order valence-electron chi connectivity index (χ0n) is 8.64. The first-order chi connectivity index (χ1) is 7.66. The number of aromatic nitrogens is 2. The van der Waals surface area contributed by atoms with Crippen molar-refractivity contribution in [1.29, 1.82) is 0 Å². The average Bonchev–Trinajstić information content (AvgIpc) is 2.70. The Hall–Kier alpha value is -0.845. The van der Waals surface area contributed by atoms with E-state index in [1.54, 1.807) is 0 Å². The summed E-state index contributed by atoms with van der Waals surface area (Å²) in [5.74, 6) is 0. The summed E-state index contributed by atoms with van der Waals surface area (Å²) in [6.07, 6.45) is 5.75. The molecule has 86 valence electrons. The molecule has 7 heteroatoms. The summed E-state index contributed by atoms with van der Waals surface area (Å²) in [5.41, 5.74) is 0.0837. The van der Waals surface area contributed by atoms with Gasteiger partial charge in [-0.05, 0) is 25.7 Å². The van der Waals surface area contributed by atoms with Crippen molar-refractivity contribution in [2.75, 3.05) is 0 Å². The lowest BCUT2D eigenvalue weighted by Crippen LogP contribution is -2.32. The molecule has 0 unspecified atom stereocenters. The Balaban J connectivity index is 2.08. The molecular weight excluding hydrogens is 230 g/mol. The fraction of sp³-hybridized carbons (Fsp3) is 0.556. The van der Waals surface area contributed by atoms with Crippen LogP contribution in [0.15, 0.2) is 6.20 Å². The number of nitrogens with zero attached hydrogens (tertiary/aromatic N) is 2. The highest BCUT2D eigenvalue weighted by Gasteiger charge is 2.21. The average molecular weight is 242 g/mol. The summed E-state index contributed by atoms with van der Waals surface area (Å²) < 4.78 is 5.52. The van der Waals surface area contributed by atoms with Crippen molar-refractivity contribution < 1.29 is 14.8 Å². The fourth-order valence-electron chi connectivity index (χ4n) is 1.74. The molecule has 0 saturated heterocycles. The lowest BCUT2D eigenvalue weighted by atomic mass is 9.83. The van der Waals surface area contributed by atoms with Crippen LogP contribution in [-0.4, -0.2) is 33.2 Å². The van der Waals surface area contributed by atoms with Crippen LogP contribution in [0.25, 0.3) is 0 Å². The smallest absolute Gasteiger partial charge is 0.460 e. The van der Waals surface area contributed by atoms with E-state index in [0.29, 0.717) is 0 Å². The van der Waals surface area contributed by atoms with Crippen molar-refractivity contribution in [3.63, 3.8) is 0 Å². The van der Waals surface area contributed by atoms with Gasteiger partial charge < -0.3 is 14.8 Å². The molecule has 1 heterocycles. The van der Waals surface area contributed by atoms with Crippen LogP contribution in [0, 0.1) is 0 Å². The van der Waals surface area contributed by atoms with Crippen LogP contribution in [0.1, 0.15) is 25.7 Å². The molecule has 1 aromatic rings. The Morgan fingerprint density at radius 1 is 1.38 bits per heavy atom. The molecule has 1 fully saturated rings. The SMILES string of the molecule is OB(O)c1cnc(OC2CCCC2)nc1Cl. The second-order valence-electron chi connectivity index (χ2n) is 3.80. The maximum absolute atomic E-state index is 8.93. The van der Waals surface area contributed by atoms with Gasteiger partial charge in [-0.2, -0.15) is 4.98 Å². The van der Waals surface area contributed by atoms with Gasteiger partial charge in [0.05, 0.1) is 0 Å². The van der Waals surface area contributed by atoms with Crippen molar-refractivity contribution in [1.82, 2.24) is 9.97 Å². The quantitative estimate of drug-likeness (QED) is 0.582. The van der Waals surface area contributed by atoms with Crippen molar-refractivity contribution in [2.45, 2.75) is 31.8 Å². The van der Waals surface area contributed by atoms with Crippen LogP contribution in [0.2, 0.25) is 5.15 Å². The Kier molecular flexibility index (Phi) is 3.63. The van der Waals surface area contributed by atoms with Crippen molar-refractivity contribution >= 4 is 24.2 Å². The molecule has 0 radical (unpaired) electrons. The van der Waals surface area contributed by atoms with Gasteiger partial charge in [0, 0.05) is 11.7 Å². The number of rotatable bonds is 3. The summed E-state index contributed by atoms with van der Waals surface area (Å²) in [6, 6.07) is 0.196. The number of halogens is 1. The maximum Gasteiger partial charge on any atom is 0.493 e. The molecule has 5 nitrogen and oxygen atoms in total. The minimum Gasteiger partial charge on any atom is -0.460 e. The van der Waals surface area contributed by atoms with Crippen LogP contribution >= 0.6 is 11.6 Å². The van der Waals surface area contributed by atoms with Gasteiger partial charge >= 0.3 is 13.1 Å². The lowest BCUT2D eigenvalue weighted by molar-refractivity contribution is 0.192. The van der Waals surface area contributed by atoms with E-state index >= 15 is 0 Å². The van der Waals surface area contributed by atoms with Gasteiger partial charge in [0.15, 0.2) is 0 Å². The van der Waals surface area contributed by atoms with Gasteiger partial charge in [-0.25, -0.2) is 4.98 Å². The number of ether oxygens (including phenoxy) is 1. The van der Waals surface area contributed by atoms with Gasteiger partial charge in [0.25, 0.3) is 0 Å². The molecule has 0 aliphatic heterocycles. The highest BCUT2D eigenvalue weighted by atomic mass is 35.5. The first-order valence-corrected chi connectivity index (χ1v) is 5.60. The van der Waals surface area contributed by atoms with Crippen LogP contribution in [0.4, 0.5) is 0 Å².